The van der Waals surface area contributed by atoms with Gasteiger partial charge < -0.3 is 10.9 Å². The Kier molecular flexibility index (Phi) is 3.28. The molecular formula is C8H14N6OS. The Bertz CT molecular complexity index is 388. The Morgan fingerprint density at radius 1 is 1.75 bits per heavy atom. The molecule has 88 valence electrons. The van der Waals surface area contributed by atoms with E-state index in [1.165, 1.54) is 0 Å². The van der Waals surface area contributed by atoms with E-state index in [1.54, 1.807) is 11.8 Å². The molecule has 1 atom stereocenters. The van der Waals surface area contributed by atoms with Gasteiger partial charge in [0.1, 0.15) is 5.84 Å². The van der Waals surface area contributed by atoms with Crippen LogP contribution in [0.25, 0.3) is 0 Å². The number of aromatic nitrogens is 4. The molecule has 3 N–H and O–H groups in total. The van der Waals surface area contributed by atoms with Crippen LogP contribution in [0.4, 0.5) is 0 Å². The van der Waals surface area contributed by atoms with E-state index in [9.17, 15) is 0 Å². The van der Waals surface area contributed by atoms with Crippen molar-refractivity contribution in [1.29, 1.82) is 0 Å². The molecular weight excluding hydrogens is 228 g/mol. The van der Waals surface area contributed by atoms with Crippen LogP contribution in [0.5, 0.6) is 0 Å². The van der Waals surface area contributed by atoms with Crippen LogP contribution in [-0.4, -0.2) is 36.5 Å². The molecule has 1 aliphatic rings. The molecule has 1 saturated carbocycles. The van der Waals surface area contributed by atoms with Gasteiger partial charge in [-0.1, -0.05) is 23.8 Å². The molecule has 8 heteroatoms. The molecule has 1 heterocycles. The standard InChI is InChI=1S/C8H14N6OS/c1-5(4-7(9)11-15)16-8-10-12-13-14(8)6-2-3-6/h5-6,15H,2-4H2,1H3,(H2,9,11). The van der Waals surface area contributed by atoms with Crippen molar-refractivity contribution < 1.29 is 5.21 Å². The van der Waals surface area contributed by atoms with E-state index in [4.69, 9.17) is 10.9 Å². The van der Waals surface area contributed by atoms with Crippen LogP contribution in [-0.2, 0) is 0 Å². The minimum atomic E-state index is 0.180. The maximum Gasteiger partial charge on any atom is 0.209 e. The number of hydrogen-bond donors (Lipinski definition) is 2. The summed E-state index contributed by atoms with van der Waals surface area (Å²) >= 11 is 1.54. The van der Waals surface area contributed by atoms with Gasteiger partial charge in [-0.3, -0.25) is 0 Å². The summed E-state index contributed by atoms with van der Waals surface area (Å²) in [5, 5.41) is 24.0. The molecule has 1 aliphatic carbocycles. The van der Waals surface area contributed by atoms with E-state index in [-0.39, 0.29) is 11.1 Å². The largest absolute Gasteiger partial charge is 0.409 e. The van der Waals surface area contributed by atoms with Gasteiger partial charge in [0, 0.05) is 11.7 Å². The number of oxime groups is 1. The van der Waals surface area contributed by atoms with E-state index in [2.05, 4.69) is 20.7 Å². The smallest absolute Gasteiger partial charge is 0.209 e. The Hall–Kier alpha value is -1.31. The highest BCUT2D eigenvalue weighted by Gasteiger charge is 2.28. The maximum absolute atomic E-state index is 8.47. The van der Waals surface area contributed by atoms with Crippen molar-refractivity contribution in [2.45, 2.75) is 42.6 Å². The minimum absolute atomic E-state index is 0.180. The van der Waals surface area contributed by atoms with Crippen LogP contribution in [0.2, 0.25) is 0 Å². The lowest BCUT2D eigenvalue weighted by Crippen LogP contribution is -2.17. The predicted molar refractivity (Wildman–Crippen MR) is 59.4 cm³/mol. The van der Waals surface area contributed by atoms with Gasteiger partial charge in [0.25, 0.3) is 0 Å². The number of nitrogens with two attached hydrogens (primary N) is 1. The monoisotopic (exact) mass is 242 g/mol. The number of nitrogens with zero attached hydrogens (tertiary/aromatic N) is 5. The molecule has 16 heavy (non-hydrogen) atoms. The highest BCUT2D eigenvalue weighted by Crippen LogP contribution is 2.37. The van der Waals surface area contributed by atoms with Gasteiger partial charge in [-0.15, -0.1) is 5.10 Å². The average molecular weight is 242 g/mol. The van der Waals surface area contributed by atoms with Crippen molar-refractivity contribution in [3.63, 3.8) is 0 Å². The third-order valence-electron chi connectivity index (χ3n) is 2.29. The first kappa shape index (κ1) is 11.2. The summed E-state index contributed by atoms with van der Waals surface area (Å²) in [5.74, 6) is 0.227. The number of thioether (sulfide) groups is 1. The van der Waals surface area contributed by atoms with Crippen LogP contribution in [0.1, 0.15) is 32.2 Å². The van der Waals surface area contributed by atoms with Crippen molar-refractivity contribution in [3.8, 4) is 0 Å². The van der Waals surface area contributed by atoms with Gasteiger partial charge in [-0.25, -0.2) is 4.68 Å². The SMILES string of the molecule is CC(CC(N)=NO)Sc1nnnn1C1CC1. The molecule has 0 saturated heterocycles. The number of amidine groups is 1. The van der Waals surface area contributed by atoms with Crippen LogP contribution < -0.4 is 5.73 Å². The van der Waals surface area contributed by atoms with Gasteiger partial charge in [-0.05, 0) is 23.3 Å². The maximum atomic E-state index is 8.47. The third kappa shape index (κ3) is 2.63. The molecule has 1 aromatic rings. The second kappa shape index (κ2) is 4.69. The Labute approximate surface area is 97.1 Å². The lowest BCUT2D eigenvalue weighted by atomic mass is 10.3. The molecule has 0 bridgehead atoms. The van der Waals surface area contributed by atoms with Gasteiger partial charge in [-0.2, -0.15) is 0 Å². The van der Waals surface area contributed by atoms with Crippen LogP contribution in [0.3, 0.4) is 0 Å². The fourth-order valence-electron chi connectivity index (χ4n) is 1.37. The summed E-state index contributed by atoms with van der Waals surface area (Å²) in [5.41, 5.74) is 5.44. The first-order valence-corrected chi connectivity index (χ1v) is 5.99. The van der Waals surface area contributed by atoms with Crippen molar-refractivity contribution >= 4 is 17.6 Å². The van der Waals surface area contributed by atoms with E-state index in [0.29, 0.717) is 12.5 Å². The zero-order chi connectivity index (χ0) is 11.5. The van der Waals surface area contributed by atoms with Crippen LogP contribution in [0.15, 0.2) is 10.3 Å². The Balaban J connectivity index is 1.95. The number of tetrazole rings is 1. The molecule has 1 aromatic heterocycles. The molecule has 0 aromatic carbocycles. The fraction of sp³-hybridized carbons (Fsp3) is 0.750. The third-order valence-corrected chi connectivity index (χ3v) is 3.34. The molecule has 0 radical (unpaired) electrons. The van der Waals surface area contributed by atoms with Crippen LogP contribution >= 0.6 is 11.8 Å². The summed E-state index contributed by atoms with van der Waals surface area (Å²) in [4.78, 5) is 0. The highest BCUT2D eigenvalue weighted by atomic mass is 32.2. The van der Waals surface area contributed by atoms with Gasteiger partial charge in [0.15, 0.2) is 0 Å². The molecule has 2 rings (SSSR count). The molecule has 1 unspecified atom stereocenters. The van der Waals surface area contributed by atoms with Crippen molar-refractivity contribution in [2.75, 3.05) is 0 Å². The number of rotatable bonds is 5. The number of hydrogen-bond acceptors (Lipinski definition) is 6. The molecule has 1 fully saturated rings. The zero-order valence-corrected chi connectivity index (χ0v) is 9.76. The van der Waals surface area contributed by atoms with Gasteiger partial charge in [0.2, 0.25) is 5.16 Å². The lowest BCUT2D eigenvalue weighted by molar-refractivity contribution is 0.317. The van der Waals surface area contributed by atoms with Crippen molar-refractivity contribution in [1.82, 2.24) is 20.2 Å². The Morgan fingerprint density at radius 2 is 2.50 bits per heavy atom. The molecule has 0 spiro atoms. The van der Waals surface area contributed by atoms with Crippen LogP contribution in [0, 0.1) is 0 Å². The lowest BCUT2D eigenvalue weighted by Gasteiger charge is -2.08. The minimum Gasteiger partial charge on any atom is -0.409 e. The molecule has 0 aliphatic heterocycles. The second-order valence-corrected chi connectivity index (χ2v) is 5.27. The summed E-state index contributed by atoms with van der Waals surface area (Å²) < 4.78 is 1.85. The Morgan fingerprint density at radius 3 is 3.12 bits per heavy atom. The first-order valence-electron chi connectivity index (χ1n) is 5.11. The van der Waals surface area contributed by atoms with Gasteiger partial charge in [0.05, 0.1) is 6.04 Å². The predicted octanol–water partition coefficient (Wildman–Crippen LogP) is 0.625. The quantitative estimate of drug-likeness (QED) is 0.258. The normalized spacial score (nSPS) is 18.7. The highest BCUT2D eigenvalue weighted by molar-refractivity contribution is 7.99. The van der Waals surface area contributed by atoms with E-state index < -0.39 is 0 Å². The fourth-order valence-corrected chi connectivity index (χ4v) is 2.36. The van der Waals surface area contributed by atoms with Crippen molar-refractivity contribution in [2.24, 2.45) is 10.9 Å². The average Bonchev–Trinajstić information content (AvgIpc) is 3.00. The van der Waals surface area contributed by atoms with E-state index >= 15 is 0 Å². The van der Waals surface area contributed by atoms with E-state index in [0.717, 1.165) is 18.0 Å². The molecule has 0 amide bonds. The summed E-state index contributed by atoms with van der Waals surface area (Å²) in [6.07, 6.45) is 2.80. The summed E-state index contributed by atoms with van der Waals surface area (Å²) in [6.45, 7) is 1.99. The molecule has 7 nitrogen and oxygen atoms in total. The summed E-state index contributed by atoms with van der Waals surface area (Å²) in [7, 11) is 0. The second-order valence-electron chi connectivity index (χ2n) is 3.86. The summed E-state index contributed by atoms with van der Waals surface area (Å²) in [6, 6.07) is 0.466. The zero-order valence-electron chi connectivity index (χ0n) is 8.94. The topological polar surface area (TPSA) is 102 Å². The first-order chi connectivity index (χ1) is 7.70. The van der Waals surface area contributed by atoms with Crippen molar-refractivity contribution in [3.05, 3.63) is 0 Å². The van der Waals surface area contributed by atoms with Gasteiger partial charge >= 0.3 is 0 Å². The van der Waals surface area contributed by atoms with E-state index in [1.807, 2.05) is 11.6 Å².